The van der Waals surface area contributed by atoms with Crippen LogP contribution in [0.3, 0.4) is 0 Å². The summed E-state index contributed by atoms with van der Waals surface area (Å²) in [5.74, 6) is -1.09. The lowest BCUT2D eigenvalue weighted by molar-refractivity contribution is -0.142. The Morgan fingerprint density at radius 2 is 1.41 bits per heavy atom. The maximum Gasteiger partial charge on any atom is 0.329 e. The van der Waals surface area contributed by atoms with Crippen molar-refractivity contribution in [2.24, 2.45) is 5.41 Å². The highest BCUT2D eigenvalue weighted by Gasteiger charge is 2.72. The Bertz CT molecular complexity index is 1500. The van der Waals surface area contributed by atoms with E-state index in [4.69, 9.17) is 18.9 Å². The quantitative estimate of drug-likeness (QED) is 0.359. The summed E-state index contributed by atoms with van der Waals surface area (Å²) in [6.07, 6.45) is 3.77. The number of carbonyl (C=O) groups is 3. The fourth-order valence-electron chi connectivity index (χ4n) is 6.66. The lowest BCUT2D eigenvalue weighted by atomic mass is 9.64. The number of hydrogen-bond acceptors (Lipinski definition) is 8. The molecule has 0 bridgehead atoms. The van der Waals surface area contributed by atoms with Crippen LogP contribution in [0.4, 0.5) is 5.69 Å². The minimum atomic E-state index is -1.64. The number of para-hydroxylation sites is 1. The molecular formula is C31H27NO7. The first-order chi connectivity index (χ1) is 18.9. The third kappa shape index (κ3) is 3.14. The Morgan fingerprint density at radius 1 is 0.821 bits per heavy atom. The van der Waals surface area contributed by atoms with Crippen molar-refractivity contribution in [3.63, 3.8) is 0 Å². The van der Waals surface area contributed by atoms with Gasteiger partial charge in [-0.2, -0.15) is 0 Å². The van der Waals surface area contributed by atoms with Crippen LogP contribution in [0.2, 0.25) is 0 Å². The van der Waals surface area contributed by atoms with Gasteiger partial charge in [0.2, 0.25) is 5.75 Å². The molecule has 2 heterocycles. The maximum atomic E-state index is 14.5. The molecule has 3 aromatic rings. The number of anilines is 1. The number of rotatable bonds is 5. The van der Waals surface area contributed by atoms with Gasteiger partial charge in [0.05, 0.1) is 34.5 Å². The average molecular weight is 526 g/mol. The standard InChI is InChI=1S/C31H27NO7/c1-36-22-15-18(16-23(37-2)27(22)38-3)25-26(30(35)39-4)32-21-12-8-5-9-17(21)13-14-24(32)31(25)28(33)19-10-6-7-11-20(19)29(31)34/h5-16,24-26H,1-4H3. The molecule has 1 saturated heterocycles. The summed E-state index contributed by atoms with van der Waals surface area (Å²) >= 11 is 0. The third-order valence-electron chi connectivity index (χ3n) is 8.20. The molecule has 3 unspecified atom stereocenters. The number of ether oxygens (including phenoxy) is 4. The number of nitrogens with zero attached hydrogens (tertiary/aromatic N) is 1. The van der Waals surface area contributed by atoms with Crippen LogP contribution in [0.5, 0.6) is 17.2 Å². The Kier molecular flexibility index (Phi) is 5.71. The van der Waals surface area contributed by atoms with E-state index in [0.717, 1.165) is 11.3 Å². The van der Waals surface area contributed by atoms with E-state index in [2.05, 4.69) is 0 Å². The van der Waals surface area contributed by atoms with Crippen LogP contribution in [0.15, 0.2) is 66.7 Å². The summed E-state index contributed by atoms with van der Waals surface area (Å²) in [5, 5.41) is 0. The smallest absolute Gasteiger partial charge is 0.329 e. The molecule has 1 aliphatic carbocycles. The number of Topliss-reactive ketones (excluding diaryl/α,β-unsaturated/α-hetero) is 2. The van der Waals surface area contributed by atoms with Gasteiger partial charge in [0.1, 0.15) is 11.5 Å². The number of esters is 1. The van der Waals surface area contributed by atoms with Gasteiger partial charge >= 0.3 is 5.97 Å². The van der Waals surface area contributed by atoms with E-state index in [1.54, 1.807) is 36.4 Å². The van der Waals surface area contributed by atoms with Crippen molar-refractivity contribution in [3.8, 4) is 17.2 Å². The van der Waals surface area contributed by atoms with Crippen LogP contribution in [0.25, 0.3) is 6.08 Å². The lowest BCUT2D eigenvalue weighted by Crippen LogP contribution is -2.48. The number of carbonyl (C=O) groups excluding carboxylic acids is 3. The van der Waals surface area contributed by atoms with E-state index in [1.165, 1.54) is 28.4 Å². The molecular weight excluding hydrogens is 498 g/mol. The summed E-state index contributed by atoms with van der Waals surface area (Å²) in [4.78, 5) is 44.7. The van der Waals surface area contributed by atoms with Crippen LogP contribution >= 0.6 is 0 Å². The Labute approximate surface area is 225 Å². The zero-order valence-electron chi connectivity index (χ0n) is 22.0. The second-order valence-corrected chi connectivity index (χ2v) is 9.75. The number of fused-ring (bicyclic) bond motifs is 5. The van der Waals surface area contributed by atoms with Gasteiger partial charge < -0.3 is 23.8 Å². The molecule has 0 saturated carbocycles. The van der Waals surface area contributed by atoms with E-state index in [1.807, 2.05) is 41.3 Å². The lowest BCUT2D eigenvalue weighted by Gasteiger charge is -2.36. The first-order valence-corrected chi connectivity index (χ1v) is 12.6. The summed E-state index contributed by atoms with van der Waals surface area (Å²) < 4.78 is 22.1. The minimum absolute atomic E-state index is 0.327. The van der Waals surface area contributed by atoms with Gasteiger partial charge in [-0.05, 0) is 29.3 Å². The Morgan fingerprint density at radius 3 is 1.97 bits per heavy atom. The minimum Gasteiger partial charge on any atom is -0.493 e. The predicted molar refractivity (Wildman–Crippen MR) is 144 cm³/mol. The Hall–Kier alpha value is -4.59. The predicted octanol–water partition coefficient (Wildman–Crippen LogP) is 4.32. The zero-order chi connectivity index (χ0) is 27.5. The fraction of sp³-hybridized carbons (Fsp3) is 0.258. The van der Waals surface area contributed by atoms with E-state index >= 15 is 0 Å². The van der Waals surface area contributed by atoms with E-state index < -0.39 is 29.4 Å². The summed E-state index contributed by atoms with van der Waals surface area (Å²) in [7, 11) is 5.80. The number of ketones is 2. The fourth-order valence-corrected chi connectivity index (χ4v) is 6.66. The second-order valence-electron chi connectivity index (χ2n) is 9.75. The van der Waals surface area contributed by atoms with E-state index in [-0.39, 0.29) is 11.6 Å². The van der Waals surface area contributed by atoms with Gasteiger partial charge in [0.25, 0.3) is 0 Å². The molecule has 8 nitrogen and oxygen atoms in total. The highest BCUT2D eigenvalue weighted by molar-refractivity contribution is 6.32. The molecule has 0 aromatic heterocycles. The average Bonchev–Trinajstić information content (AvgIpc) is 3.42. The molecule has 0 radical (unpaired) electrons. The molecule has 3 aliphatic rings. The highest BCUT2D eigenvalue weighted by atomic mass is 16.5. The van der Waals surface area contributed by atoms with Gasteiger partial charge in [-0.15, -0.1) is 0 Å². The molecule has 0 N–H and O–H groups in total. The van der Waals surface area contributed by atoms with Gasteiger partial charge in [-0.25, -0.2) is 4.79 Å². The molecule has 1 fully saturated rings. The normalized spacial score (nSPS) is 21.8. The molecule has 8 heteroatoms. The Balaban J connectivity index is 1.70. The monoisotopic (exact) mass is 525 g/mol. The molecule has 3 aromatic carbocycles. The number of methoxy groups -OCH3 is 4. The molecule has 2 aliphatic heterocycles. The van der Waals surface area contributed by atoms with Gasteiger partial charge in [0.15, 0.2) is 23.1 Å². The zero-order valence-corrected chi connectivity index (χ0v) is 22.0. The summed E-state index contributed by atoms with van der Waals surface area (Å²) in [6, 6.07) is 16.1. The topological polar surface area (TPSA) is 91.4 Å². The van der Waals surface area contributed by atoms with Crippen molar-refractivity contribution in [3.05, 3.63) is 89.0 Å². The van der Waals surface area contributed by atoms with Gasteiger partial charge in [0, 0.05) is 22.7 Å². The molecule has 1 spiro atoms. The highest BCUT2D eigenvalue weighted by Crippen LogP contribution is 2.61. The van der Waals surface area contributed by atoms with E-state index in [9.17, 15) is 14.4 Å². The summed E-state index contributed by atoms with van der Waals surface area (Å²) in [6.45, 7) is 0. The molecule has 198 valence electrons. The van der Waals surface area contributed by atoms with Gasteiger partial charge in [-0.3, -0.25) is 9.59 Å². The van der Waals surface area contributed by atoms with Gasteiger partial charge in [-0.1, -0.05) is 54.6 Å². The van der Waals surface area contributed by atoms with Crippen molar-refractivity contribution in [1.82, 2.24) is 0 Å². The second kappa shape index (κ2) is 9.01. The van der Waals surface area contributed by atoms with Crippen molar-refractivity contribution < 1.29 is 33.3 Å². The summed E-state index contributed by atoms with van der Waals surface area (Å²) in [5.41, 5.74) is 1.19. The van der Waals surface area contributed by atoms with Crippen molar-refractivity contribution in [2.75, 3.05) is 33.3 Å². The van der Waals surface area contributed by atoms with E-state index in [0.29, 0.717) is 33.9 Å². The molecule has 39 heavy (non-hydrogen) atoms. The molecule has 6 rings (SSSR count). The number of hydrogen-bond donors (Lipinski definition) is 0. The SMILES string of the molecule is COC(=O)C1C(c2cc(OC)c(OC)c(OC)c2)C2(C(=O)c3ccccc3C2=O)C2C=Cc3ccccc3N12. The van der Waals surface area contributed by atoms with Crippen molar-refractivity contribution in [1.29, 1.82) is 0 Å². The van der Waals surface area contributed by atoms with Crippen molar-refractivity contribution in [2.45, 2.75) is 18.0 Å². The third-order valence-corrected chi connectivity index (χ3v) is 8.20. The van der Waals surface area contributed by atoms with Crippen LogP contribution in [-0.4, -0.2) is 58.1 Å². The first-order valence-electron chi connectivity index (χ1n) is 12.6. The first kappa shape index (κ1) is 24.7. The van der Waals surface area contributed by atoms with Crippen LogP contribution in [0.1, 0.15) is 37.8 Å². The van der Waals surface area contributed by atoms with Crippen LogP contribution in [0, 0.1) is 5.41 Å². The van der Waals surface area contributed by atoms with Crippen LogP contribution < -0.4 is 19.1 Å². The largest absolute Gasteiger partial charge is 0.493 e. The van der Waals surface area contributed by atoms with Crippen LogP contribution in [-0.2, 0) is 9.53 Å². The number of benzene rings is 3. The maximum absolute atomic E-state index is 14.5. The molecule has 0 amide bonds. The molecule has 3 atom stereocenters. The van der Waals surface area contributed by atoms with Crippen molar-refractivity contribution >= 4 is 29.3 Å².